The van der Waals surface area contributed by atoms with E-state index in [0.29, 0.717) is 20.8 Å². The molecule has 7 nitrogen and oxygen atoms in total. The molecule has 0 aliphatic carbocycles. The highest BCUT2D eigenvalue weighted by Crippen LogP contribution is 2.37. The highest BCUT2D eigenvalue weighted by molar-refractivity contribution is 9.10. The number of nitrogens with zero attached hydrogens (tertiary/aromatic N) is 3. The zero-order valence-corrected chi connectivity index (χ0v) is 20.6. The van der Waals surface area contributed by atoms with Gasteiger partial charge in [-0.2, -0.15) is 0 Å². The Bertz CT molecular complexity index is 1430. The van der Waals surface area contributed by atoms with Crippen molar-refractivity contribution in [1.29, 1.82) is 0 Å². The third-order valence-corrected chi connectivity index (χ3v) is 6.83. The molecule has 2 amide bonds. The highest BCUT2D eigenvalue weighted by atomic mass is 79.9. The molecule has 0 spiro atoms. The molecule has 1 saturated heterocycles. The van der Waals surface area contributed by atoms with Gasteiger partial charge in [0.1, 0.15) is 22.9 Å². The van der Waals surface area contributed by atoms with Gasteiger partial charge in [-0.15, -0.1) is 11.3 Å². The number of hydrogen-bond acceptors (Lipinski definition) is 5. The number of likely N-dealkylation sites (tertiary alicyclic amines) is 1. The third-order valence-electron chi connectivity index (χ3n) is 5.21. The molecule has 1 fully saturated rings. The number of carbonyl (C=O) groups is 2. The molecule has 0 saturated carbocycles. The van der Waals surface area contributed by atoms with Gasteiger partial charge in [0.15, 0.2) is 0 Å². The molecule has 0 bridgehead atoms. The maximum absolute atomic E-state index is 13.9. The lowest BCUT2D eigenvalue weighted by molar-refractivity contribution is -0.144. The van der Waals surface area contributed by atoms with Crippen molar-refractivity contribution in [2.45, 2.75) is 26.1 Å². The fraction of sp³-hybridized carbons (Fsp3) is 0.304. The summed E-state index contributed by atoms with van der Waals surface area (Å²) in [4.78, 5) is 43.6. The number of hydrogen-bond donors (Lipinski definition) is 1. The van der Waals surface area contributed by atoms with Crippen molar-refractivity contribution >= 4 is 49.3 Å². The van der Waals surface area contributed by atoms with E-state index in [2.05, 4.69) is 38.1 Å². The van der Waals surface area contributed by atoms with E-state index in [1.807, 2.05) is 0 Å². The first-order valence-electron chi connectivity index (χ1n) is 10.2. The van der Waals surface area contributed by atoms with Crippen LogP contribution in [0.25, 0.3) is 21.3 Å². The second-order valence-electron chi connectivity index (χ2n) is 8.17. The van der Waals surface area contributed by atoms with Gasteiger partial charge < -0.3 is 10.2 Å². The molecule has 34 heavy (non-hydrogen) atoms. The average molecular weight is 549 g/mol. The van der Waals surface area contributed by atoms with Gasteiger partial charge in [0.2, 0.25) is 11.8 Å². The van der Waals surface area contributed by atoms with Crippen molar-refractivity contribution in [3.05, 3.63) is 50.0 Å². The Morgan fingerprint density at radius 2 is 2.09 bits per heavy atom. The topological polar surface area (TPSA) is 84.3 Å². The van der Waals surface area contributed by atoms with Crippen molar-refractivity contribution in [3.63, 3.8) is 0 Å². The number of carbonyl (C=O) groups excluding carboxylic acids is 2. The Hall–Kier alpha value is -3.10. The largest absolute Gasteiger partial charge is 0.345 e. The molecule has 2 aromatic heterocycles. The van der Waals surface area contributed by atoms with Crippen LogP contribution in [0.15, 0.2) is 33.8 Å². The van der Waals surface area contributed by atoms with E-state index in [1.54, 1.807) is 6.07 Å². The van der Waals surface area contributed by atoms with Crippen LogP contribution < -0.4 is 10.9 Å². The van der Waals surface area contributed by atoms with Gasteiger partial charge in [0, 0.05) is 12.5 Å². The van der Waals surface area contributed by atoms with Crippen LogP contribution in [0, 0.1) is 17.7 Å². The Morgan fingerprint density at radius 3 is 2.74 bits per heavy atom. The highest BCUT2D eigenvalue weighted by Gasteiger charge is 2.41. The second-order valence-corrected chi connectivity index (χ2v) is 10.0. The number of halogens is 3. The molecule has 1 N–H and O–H groups in total. The summed E-state index contributed by atoms with van der Waals surface area (Å²) >= 11 is 4.36. The van der Waals surface area contributed by atoms with Crippen LogP contribution >= 0.6 is 27.3 Å². The van der Waals surface area contributed by atoms with E-state index >= 15 is 0 Å². The van der Waals surface area contributed by atoms with Gasteiger partial charge in [0.25, 0.3) is 5.56 Å². The Morgan fingerprint density at radius 1 is 1.35 bits per heavy atom. The number of fused-ring (bicyclic) bond motifs is 1. The van der Waals surface area contributed by atoms with Gasteiger partial charge in [-0.05, 0) is 40.5 Å². The monoisotopic (exact) mass is 548 g/mol. The minimum atomic E-state index is -1.41. The quantitative estimate of drug-likeness (QED) is 0.508. The number of rotatable bonds is 4. The Kier molecular flexibility index (Phi) is 6.55. The average Bonchev–Trinajstić information content (AvgIpc) is 3.12. The van der Waals surface area contributed by atoms with E-state index in [4.69, 9.17) is 0 Å². The molecular formula is C23H19BrF2N4O3S. The first kappa shape index (κ1) is 24.0. The van der Waals surface area contributed by atoms with Gasteiger partial charge in [0.05, 0.1) is 40.7 Å². The standard InChI is InChI=1S/C23H19BrF2N4O3S/c1-13(31)27-7-3-4-17-19(14-5-6-16(25)15(24)8-14)20-21(34-17)28-12-29(22(20)33)9-18(32)30-10-23(2,26)11-30/h5-6,8,12H,7,9-11H2,1-2H3,(H,27,31). The molecular weight excluding hydrogens is 530 g/mol. The molecule has 3 aromatic rings. The summed E-state index contributed by atoms with van der Waals surface area (Å²) < 4.78 is 29.1. The molecule has 0 radical (unpaired) electrons. The van der Waals surface area contributed by atoms with Crippen molar-refractivity contribution in [2.24, 2.45) is 0 Å². The first-order chi connectivity index (χ1) is 16.1. The lowest BCUT2D eigenvalue weighted by Crippen LogP contribution is -2.60. The molecule has 0 atom stereocenters. The van der Waals surface area contributed by atoms with Gasteiger partial charge in [-0.1, -0.05) is 17.9 Å². The molecule has 1 aromatic carbocycles. The van der Waals surface area contributed by atoms with E-state index in [0.717, 1.165) is 0 Å². The van der Waals surface area contributed by atoms with Crippen LogP contribution in [0.4, 0.5) is 8.78 Å². The van der Waals surface area contributed by atoms with Crippen molar-refractivity contribution < 1.29 is 18.4 Å². The van der Waals surface area contributed by atoms with Crippen LogP contribution in [0.3, 0.4) is 0 Å². The maximum Gasteiger partial charge on any atom is 0.263 e. The Balaban J connectivity index is 1.79. The number of nitrogens with one attached hydrogen (secondary N) is 1. The molecule has 11 heteroatoms. The number of aromatic nitrogens is 2. The summed E-state index contributed by atoms with van der Waals surface area (Å²) in [5.41, 5.74) is -0.856. The lowest BCUT2D eigenvalue weighted by Gasteiger charge is -2.42. The SMILES string of the molecule is CC(=O)NCC#Cc1sc2ncn(CC(=O)N3CC(C)(F)C3)c(=O)c2c1-c1ccc(F)c(Br)c1. The summed E-state index contributed by atoms with van der Waals surface area (Å²) in [6, 6.07) is 4.35. The van der Waals surface area contributed by atoms with Crippen LogP contribution in [-0.4, -0.2) is 51.6 Å². The number of benzene rings is 1. The van der Waals surface area contributed by atoms with Gasteiger partial charge >= 0.3 is 0 Å². The molecule has 1 aliphatic heterocycles. The summed E-state index contributed by atoms with van der Waals surface area (Å²) in [6.45, 7) is 2.61. The van der Waals surface area contributed by atoms with Crippen molar-refractivity contribution in [1.82, 2.24) is 19.8 Å². The molecule has 0 unspecified atom stereocenters. The predicted octanol–water partition coefficient (Wildman–Crippen LogP) is 3.08. The van der Waals surface area contributed by atoms with E-state index < -0.39 is 17.0 Å². The fourth-order valence-corrected chi connectivity index (χ4v) is 5.03. The van der Waals surface area contributed by atoms with Crippen molar-refractivity contribution in [2.75, 3.05) is 19.6 Å². The lowest BCUT2D eigenvalue weighted by atomic mass is 9.99. The summed E-state index contributed by atoms with van der Waals surface area (Å²) in [6.07, 6.45) is 1.28. The molecule has 4 rings (SSSR count). The van der Waals surface area contributed by atoms with Crippen LogP contribution in [0.5, 0.6) is 0 Å². The summed E-state index contributed by atoms with van der Waals surface area (Å²) in [5.74, 6) is 4.74. The second kappa shape index (κ2) is 9.27. The summed E-state index contributed by atoms with van der Waals surface area (Å²) in [7, 11) is 0. The summed E-state index contributed by atoms with van der Waals surface area (Å²) in [5, 5.41) is 2.83. The minimum absolute atomic E-state index is 0.0163. The third kappa shape index (κ3) is 4.88. The number of amides is 2. The number of thiophene rings is 1. The minimum Gasteiger partial charge on any atom is -0.345 e. The maximum atomic E-state index is 13.9. The van der Waals surface area contributed by atoms with E-state index in [9.17, 15) is 23.2 Å². The normalized spacial score (nSPS) is 14.3. The van der Waals surface area contributed by atoms with E-state index in [-0.39, 0.29) is 47.9 Å². The van der Waals surface area contributed by atoms with Crippen LogP contribution in [0.2, 0.25) is 0 Å². The van der Waals surface area contributed by atoms with Crippen LogP contribution in [-0.2, 0) is 16.1 Å². The van der Waals surface area contributed by atoms with Crippen LogP contribution in [0.1, 0.15) is 18.7 Å². The Labute approximate surface area is 205 Å². The van der Waals surface area contributed by atoms with E-state index in [1.165, 1.54) is 53.1 Å². The first-order valence-corrected chi connectivity index (χ1v) is 11.8. The zero-order valence-electron chi connectivity index (χ0n) is 18.2. The number of alkyl halides is 1. The van der Waals surface area contributed by atoms with Gasteiger partial charge in [-0.3, -0.25) is 19.0 Å². The molecule has 176 valence electrons. The van der Waals surface area contributed by atoms with Crippen molar-refractivity contribution in [3.8, 4) is 23.0 Å². The molecule has 3 heterocycles. The van der Waals surface area contributed by atoms with Gasteiger partial charge in [-0.25, -0.2) is 13.8 Å². The zero-order chi connectivity index (χ0) is 24.6. The predicted molar refractivity (Wildman–Crippen MR) is 129 cm³/mol. The molecule has 1 aliphatic rings. The smallest absolute Gasteiger partial charge is 0.263 e. The fourth-order valence-electron chi connectivity index (χ4n) is 3.62.